The number of carbonyl (C=O) groups is 5. The van der Waals surface area contributed by atoms with Crippen molar-refractivity contribution in [3.63, 3.8) is 0 Å². The minimum absolute atomic E-state index is 0.0581. The lowest BCUT2D eigenvalue weighted by Gasteiger charge is -2.27. The first-order chi connectivity index (χ1) is 13.9. The van der Waals surface area contributed by atoms with Crippen molar-refractivity contribution >= 4 is 29.7 Å². The van der Waals surface area contributed by atoms with Gasteiger partial charge in [0, 0.05) is 18.5 Å². The Hall–Kier alpha value is -3.71. The molecule has 0 aromatic heterocycles. The van der Waals surface area contributed by atoms with Gasteiger partial charge in [-0.15, -0.1) is 0 Å². The second-order valence-corrected chi connectivity index (χ2v) is 6.29. The summed E-state index contributed by atoms with van der Waals surface area (Å²) in [6.07, 6.45) is -0.984. The van der Waals surface area contributed by atoms with Gasteiger partial charge in [-0.05, 0) is 24.6 Å². The third-order valence-corrected chi connectivity index (χ3v) is 4.37. The molecular formula is C19H17N3O7. The van der Waals surface area contributed by atoms with Crippen LogP contribution in [0, 0.1) is 11.8 Å². The van der Waals surface area contributed by atoms with Crippen LogP contribution in [-0.2, 0) is 14.3 Å². The number of ether oxygens (including phenoxy) is 1. The van der Waals surface area contributed by atoms with Gasteiger partial charge in [0.05, 0.1) is 17.7 Å². The van der Waals surface area contributed by atoms with Gasteiger partial charge in [-0.1, -0.05) is 11.8 Å². The fraction of sp³-hybridized carbons (Fsp3) is 0.316. The number of nitrogens with one attached hydrogen (secondary N) is 2. The topological polar surface area (TPSA) is 142 Å². The number of carboxylic acid groups (broad SMARTS) is 1. The third-order valence-electron chi connectivity index (χ3n) is 4.37. The Morgan fingerprint density at radius 1 is 1.24 bits per heavy atom. The zero-order valence-electron chi connectivity index (χ0n) is 15.2. The molecule has 10 heteroatoms. The highest BCUT2D eigenvalue weighted by Crippen LogP contribution is 2.28. The molecule has 2 aliphatic heterocycles. The van der Waals surface area contributed by atoms with Crippen LogP contribution in [0.3, 0.4) is 0 Å². The van der Waals surface area contributed by atoms with Crippen LogP contribution in [0.4, 0.5) is 4.79 Å². The van der Waals surface area contributed by atoms with Gasteiger partial charge in [0.2, 0.25) is 11.8 Å². The molecule has 3 N–H and O–H groups in total. The molecule has 10 nitrogen and oxygen atoms in total. The number of imide groups is 2. The van der Waals surface area contributed by atoms with Gasteiger partial charge in [0.15, 0.2) is 0 Å². The lowest BCUT2D eigenvalue weighted by molar-refractivity contribution is -0.136. The number of hydrogen-bond acceptors (Lipinski definition) is 6. The Labute approximate surface area is 165 Å². The second-order valence-electron chi connectivity index (χ2n) is 6.29. The number of benzene rings is 1. The Balaban J connectivity index is 1.65. The monoisotopic (exact) mass is 399 g/mol. The molecule has 1 aromatic carbocycles. The van der Waals surface area contributed by atoms with E-state index in [1.54, 1.807) is 6.07 Å². The van der Waals surface area contributed by atoms with Crippen LogP contribution in [0.5, 0.6) is 0 Å². The van der Waals surface area contributed by atoms with E-state index in [-0.39, 0.29) is 43.7 Å². The average molecular weight is 399 g/mol. The van der Waals surface area contributed by atoms with Crippen molar-refractivity contribution in [3.05, 3.63) is 34.9 Å². The molecule has 0 aliphatic carbocycles. The minimum atomic E-state index is -1.14. The maximum Gasteiger partial charge on any atom is 0.404 e. The number of hydrogen-bond donors (Lipinski definition) is 3. The van der Waals surface area contributed by atoms with Crippen LogP contribution < -0.4 is 10.6 Å². The van der Waals surface area contributed by atoms with Crippen molar-refractivity contribution in [1.82, 2.24) is 15.5 Å². The van der Waals surface area contributed by atoms with Crippen LogP contribution >= 0.6 is 0 Å². The van der Waals surface area contributed by atoms with E-state index < -0.39 is 35.8 Å². The van der Waals surface area contributed by atoms with Crippen molar-refractivity contribution in [2.75, 3.05) is 19.8 Å². The van der Waals surface area contributed by atoms with Crippen LogP contribution in [0.1, 0.15) is 39.1 Å². The van der Waals surface area contributed by atoms with Gasteiger partial charge in [0.1, 0.15) is 12.6 Å². The molecule has 1 saturated heterocycles. The summed E-state index contributed by atoms with van der Waals surface area (Å²) in [6.45, 7) is 0.370. The number of carbonyl (C=O) groups excluding carboxylic acids is 4. The summed E-state index contributed by atoms with van der Waals surface area (Å²) in [6, 6.07) is 3.52. The van der Waals surface area contributed by atoms with E-state index in [0.717, 1.165) is 4.90 Å². The highest BCUT2D eigenvalue weighted by Gasteiger charge is 2.44. The van der Waals surface area contributed by atoms with E-state index >= 15 is 0 Å². The molecule has 0 radical (unpaired) electrons. The Kier molecular flexibility index (Phi) is 5.90. The number of rotatable bonds is 5. The van der Waals surface area contributed by atoms with Gasteiger partial charge in [-0.25, -0.2) is 4.79 Å². The Morgan fingerprint density at radius 2 is 2.00 bits per heavy atom. The molecule has 5 amide bonds. The molecule has 150 valence electrons. The van der Waals surface area contributed by atoms with Crippen LogP contribution in [0.2, 0.25) is 0 Å². The van der Waals surface area contributed by atoms with Crippen LogP contribution in [0.25, 0.3) is 0 Å². The van der Waals surface area contributed by atoms with Crippen LogP contribution in [0.15, 0.2) is 18.2 Å². The largest absolute Gasteiger partial charge is 0.465 e. The lowest BCUT2D eigenvalue weighted by Crippen LogP contribution is -2.54. The molecule has 1 atom stereocenters. The summed E-state index contributed by atoms with van der Waals surface area (Å²) in [5.74, 6) is 3.27. The van der Waals surface area contributed by atoms with E-state index in [2.05, 4.69) is 22.5 Å². The Bertz CT molecular complexity index is 960. The minimum Gasteiger partial charge on any atom is -0.465 e. The molecule has 1 unspecified atom stereocenters. The number of fused-ring (bicyclic) bond motifs is 1. The van der Waals surface area contributed by atoms with Gasteiger partial charge in [-0.3, -0.25) is 29.4 Å². The van der Waals surface area contributed by atoms with Gasteiger partial charge in [0.25, 0.3) is 11.8 Å². The summed E-state index contributed by atoms with van der Waals surface area (Å²) in [5, 5.41) is 12.7. The first-order valence-electron chi connectivity index (χ1n) is 8.77. The Morgan fingerprint density at radius 3 is 2.72 bits per heavy atom. The van der Waals surface area contributed by atoms with Crippen molar-refractivity contribution < 1.29 is 33.8 Å². The van der Waals surface area contributed by atoms with E-state index in [1.165, 1.54) is 12.1 Å². The van der Waals surface area contributed by atoms with E-state index in [1.807, 2.05) is 0 Å². The molecule has 3 rings (SSSR count). The predicted molar refractivity (Wildman–Crippen MR) is 96.8 cm³/mol. The first kappa shape index (κ1) is 20.0. The van der Waals surface area contributed by atoms with Crippen molar-refractivity contribution in [2.45, 2.75) is 18.9 Å². The lowest BCUT2D eigenvalue weighted by atomic mass is 10.0. The number of piperidine rings is 1. The normalized spacial score (nSPS) is 18.1. The fourth-order valence-electron chi connectivity index (χ4n) is 3.04. The fourth-order valence-corrected chi connectivity index (χ4v) is 3.04. The van der Waals surface area contributed by atoms with Crippen LogP contribution in [-0.4, -0.2) is 65.5 Å². The molecule has 0 spiro atoms. The summed E-state index contributed by atoms with van der Waals surface area (Å²) in [4.78, 5) is 59.8. The second kappa shape index (κ2) is 8.53. The maximum absolute atomic E-state index is 12.7. The molecule has 0 saturated carbocycles. The molecule has 1 aromatic rings. The zero-order chi connectivity index (χ0) is 21.0. The molecule has 29 heavy (non-hydrogen) atoms. The smallest absolute Gasteiger partial charge is 0.404 e. The maximum atomic E-state index is 12.7. The van der Waals surface area contributed by atoms with Gasteiger partial charge in [-0.2, -0.15) is 0 Å². The van der Waals surface area contributed by atoms with E-state index in [0.29, 0.717) is 5.56 Å². The molecule has 0 bridgehead atoms. The molecule has 2 heterocycles. The standard InChI is InChI=1S/C19H17N3O7/c23-15-6-5-14(16(24)21-15)22-17(25)12-4-3-11(10-13(12)18(22)26)2-1-8-29-9-7-20-19(27)28/h3-4,10,14,20H,5-9H2,(H,27,28)(H,21,23,24). The zero-order valence-corrected chi connectivity index (χ0v) is 15.2. The first-order valence-corrected chi connectivity index (χ1v) is 8.77. The molecular weight excluding hydrogens is 382 g/mol. The highest BCUT2D eigenvalue weighted by molar-refractivity contribution is 6.23. The number of amides is 5. The van der Waals surface area contributed by atoms with Crippen molar-refractivity contribution in [1.29, 1.82) is 0 Å². The summed E-state index contributed by atoms with van der Waals surface area (Å²) in [5.41, 5.74) is 0.821. The third kappa shape index (κ3) is 4.41. The van der Waals surface area contributed by atoms with Gasteiger partial charge < -0.3 is 15.2 Å². The predicted octanol–water partition coefficient (Wildman–Crippen LogP) is -0.277. The molecule has 1 fully saturated rings. The van der Waals surface area contributed by atoms with Crippen molar-refractivity contribution in [3.8, 4) is 11.8 Å². The quantitative estimate of drug-likeness (QED) is 0.351. The average Bonchev–Trinajstić information content (AvgIpc) is 2.91. The van der Waals surface area contributed by atoms with Crippen molar-refractivity contribution in [2.24, 2.45) is 0 Å². The highest BCUT2D eigenvalue weighted by atomic mass is 16.5. The summed E-state index contributed by atoms with van der Waals surface area (Å²) in [7, 11) is 0. The van der Waals surface area contributed by atoms with Gasteiger partial charge >= 0.3 is 6.09 Å². The SMILES string of the molecule is O=C(O)NCCOCC#Cc1ccc2c(c1)C(=O)N(C1CCC(=O)NC1=O)C2=O. The van der Waals surface area contributed by atoms with E-state index in [4.69, 9.17) is 9.84 Å². The summed E-state index contributed by atoms with van der Waals surface area (Å²) >= 11 is 0. The number of nitrogens with zero attached hydrogens (tertiary/aromatic N) is 1. The van der Waals surface area contributed by atoms with E-state index in [9.17, 15) is 24.0 Å². The molecule has 2 aliphatic rings. The summed E-state index contributed by atoms with van der Waals surface area (Å²) < 4.78 is 5.15.